The summed E-state index contributed by atoms with van der Waals surface area (Å²) in [5, 5.41) is 0. The molecule has 0 saturated carbocycles. The topological polar surface area (TPSA) is 18.5 Å². The highest BCUT2D eigenvalue weighted by molar-refractivity contribution is 5.98. The summed E-state index contributed by atoms with van der Waals surface area (Å²) in [7, 11) is 0.795. The minimum atomic E-state index is 0.0122. The molecular formula is C15H24O2Si. The Balaban J connectivity index is 2.23. The fourth-order valence-electron chi connectivity index (χ4n) is 1.70. The third-order valence-electron chi connectivity index (χ3n) is 3.08. The van der Waals surface area contributed by atoms with Gasteiger partial charge in [0.2, 0.25) is 0 Å². The van der Waals surface area contributed by atoms with Gasteiger partial charge in [0.15, 0.2) is 0 Å². The first-order valence-corrected chi connectivity index (χ1v) is 7.23. The van der Waals surface area contributed by atoms with Crippen molar-refractivity contribution in [2.24, 2.45) is 0 Å². The minimum absolute atomic E-state index is 0.0122. The summed E-state index contributed by atoms with van der Waals surface area (Å²) >= 11 is 0. The summed E-state index contributed by atoms with van der Waals surface area (Å²) in [5.41, 5.74) is 2.35. The van der Waals surface area contributed by atoms with Crippen molar-refractivity contribution in [1.29, 1.82) is 0 Å². The van der Waals surface area contributed by atoms with Crippen LogP contribution in [0.2, 0.25) is 0 Å². The van der Waals surface area contributed by atoms with E-state index in [-0.39, 0.29) is 5.60 Å². The van der Waals surface area contributed by atoms with Gasteiger partial charge in [-0.25, -0.2) is 0 Å². The SMILES string of the molecule is C=Cc1cccc(COCCCC(C)(C)O[SiH3])c1. The second-order valence-electron chi connectivity index (χ2n) is 5.07. The van der Waals surface area contributed by atoms with Crippen molar-refractivity contribution in [3.63, 3.8) is 0 Å². The van der Waals surface area contributed by atoms with Gasteiger partial charge in [-0.1, -0.05) is 30.9 Å². The Morgan fingerprint density at radius 1 is 1.39 bits per heavy atom. The first-order chi connectivity index (χ1) is 8.57. The molecule has 0 N–H and O–H groups in total. The third-order valence-corrected chi connectivity index (χ3v) is 4.18. The summed E-state index contributed by atoms with van der Waals surface area (Å²) < 4.78 is 11.2. The number of rotatable bonds is 8. The lowest BCUT2D eigenvalue weighted by Crippen LogP contribution is -2.23. The zero-order valence-electron chi connectivity index (χ0n) is 11.7. The molecule has 100 valence electrons. The lowest BCUT2D eigenvalue weighted by atomic mass is 10.0. The maximum Gasteiger partial charge on any atom is 0.146 e. The number of benzene rings is 1. The molecular weight excluding hydrogens is 240 g/mol. The molecule has 0 atom stereocenters. The lowest BCUT2D eigenvalue weighted by molar-refractivity contribution is 0.0749. The minimum Gasteiger partial charge on any atom is -0.423 e. The standard InChI is InChI=1S/C15H24O2Si/c1-4-13-7-5-8-14(11-13)12-16-10-6-9-15(2,3)17-18/h4-5,7-8,11H,1,6,9-10,12H2,2-3,18H3. The van der Waals surface area contributed by atoms with E-state index in [2.05, 4.69) is 32.6 Å². The molecule has 3 heteroatoms. The Morgan fingerprint density at radius 3 is 2.83 bits per heavy atom. The molecule has 2 nitrogen and oxygen atoms in total. The average molecular weight is 264 g/mol. The predicted molar refractivity (Wildman–Crippen MR) is 80.5 cm³/mol. The highest BCUT2D eigenvalue weighted by Crippen LogP contribution is 2.15. The van der Waals surface area contributed by atoms with Crippen molar-refractivity contribution < 1.29 is 9.16 Å². The van der Waals surface area contributed by atoms with Crippen LogP contribution in [0.25, 0.3) is 6.08 Å². The van der Waals surface area contributed by atoms with Crippen molar-refractivity contribution >= 4 is 16.6 Å². The van der Waals surface area contributed by atoms with Gasteiger partial charge in [-0.3, -0.25) is 0 Å². The molecule has 0 spiro atoms. The van der Waals surface area contributed by atoms with Crippen LogP contribution in [0.15, 0.2) is 30.8 Å². The van der Waals surface area contributed by atoms with Gasteiger partial charge in [-0.05, 0) is 43.9 Å². The summed E-state index contributed by atoms with van der Waals surface area (Å²) in [4.78, 5) is 0. The van der Waals surface area contributed by atoms with E-state index < -0.39 is 0 Å². The summed E-state index contributed by atoms with van der Waals surface area (Å²) in [6, 6.07) is 8.27. The van der Waals surface area contributed by atoms with Crippen LogP contribution in [-0.4, -0.2) is 22.7 Å². The Kier molecular flexibility index (Phi) is 6.33. The highest BCUT2D eigenvalue weighted by atomic mass is 28.2. The van der Waals surface area contributed by atoms with Crippen molar-refractivity contribution in [3.05, 3.63) is 42.0 Å². The van der Waals surface area contributed by atoms with Crippen LogP contribution < -0.4 is 0 Å². The van der Waals surface area contributed by atoms with E-state index >= 15 is 0 Å². The second kappa shape index (κ2) is 7.51. The maximum atomic E-state index is 5.68. The van der Waals surface area contributed by atoms with Crippen LogP contribution in [-0.2, 0) is 15.8 Å². The van der Waals surface area contributed by atoms with E-state index in [1.807, 2.05) is 18.2 Å². The zero-order chi connectivity index (χ0) is 13.4. The van der Waals surface area contributed by atoms with Gasteiger partial charge in [-0.15, -0.1) is 0 Å². The molecule has 0 amide bonds. The smallest absolute Gasteiger partial charge is 0.146 e. The second-order valence-corrected chi connectivity index (χ2v) is 5.48. The fraction of sp³-hybridized carbons (Fsp3) is 0.467. The summed E-state index contributed by atoms with van der Waals surface area (Å²) in [6.45, 7) is 9.49. The van der Waals surface area contributed by atoms with Crippen molar-refractivity contribution in [1.82, 2.24) is 0 Å². The van der Waals surface area contributed by atoms with Gasteiger partial charge in [0.05, 0.1) is 6.61 Å². The fourth-order valence-corrected chi connectivity index (χ4v) is 1.91. The van der Waals surface area contributed by atoms with E-state index in [0.717, 1.165) is 35.5 Å². The molecule has 0 bridgehead atoms. The normalized spacial score (nSPS) is 11.7. The van der Waals surface area contributed by atoms with Gasteiger partial charge in [-0.2, -0.15) is 0 Å². The molecule has 0 radical (unpaired) electrons. The molecule has 0 aliphatic rings. The summed E-state index contributed by atoms with van der Waals surface area (Å²) in [6.07, 6.45) is 3.94. The van der Waals surface area contributed by atoms with Crippen molar-refractivity contribution in [2.45, 2.75) is 38.9 Å². The van der Waals surface area contributed by atoms with Crippen LogP contribution in [0.4, 0.5) is 0 Å². The number of hydrogen-bond acceptors (Lipinski definition) is 2. The molecule has 0 aliphatic carbocycles. The monoisotopic (exact) mass is 264 g/mol. The van der Waals surface area contributed by atoms with Crippen molar-refractivity contribution in [3.8, 4) is 0 Å². The molecule has 0 aromatic heterocycles. The van der Waals surface area contributed by atoms with E-state index in [9.17, 15) is 0 Å². The maximum absolute atomic E-state index is 5.68. The molecule has 1 rings (SSSR count). The molecule has 1 aromatic carbocycles. The van der Waals surface area contributed by atoms with Gasteiger partial charge >= 0.3 is 0 Å². The van der Waals surface area contributed by atoms with E-state index in [1.54, 1.807) is 0 Å². The Labute approximate surface area is 114 Å². The Morgan fingerprint density at radius 2 is 2.17 bits per heavy atom. The van der Waals surface area contributed by atoms with Crippen LogP contribution in [0.5, 0.6) is 0 Å². The van der Waals surface area contributed by atoms with Crippen molar-refractivity contribution in [2.75, 3.05) is 6.61 Å². The molecule has 0 saturated heterocycles. The van der Waals surface area contributed by atoms with Crippen LogP contribution in [0.1, 0.15) is 37.8 Å². The van der Waals surface area contributed by atoms with Crippen LogP contribution in [0, 0.1) is 0 Å². The quantitative estimate of drug-likeness (QED) is 0.531. The van der Waals surface area contributed by atoms with Crippen LogP contribution >= 0.6 is 0 Å². The molecule has 0 unspecified atom stereocenters. The molecule has 0 heterocycles. The zero-order valence-corrected chi connectivity index (χ0v) is 13.7. The largest absolute Gasteiger partial charge is 0.423 e. The average Bonchev–Trinajstić information content (AvgIpc) is 2.38. The molecule has 0 aliphatic heterocycles. The van der Waals surface area contributed by atoms with Crippen LogP contribution in [0.3, 0.4) is 0 Å². The predicted octanol–water partition coefficient (Wildman–Crippen LogP) is 2.70. The lowest BCUT2D eigenvalue weighted by Gasteiger charge is -2.23. The van der Waals surface area contributed by atoms with E-state index in [0.29, 0.717) is 6.61 Å². The van der Waals surface area contributed by atoms with E-state index in [4.69, 9.17) is 9.16 Å². The number of hydrogen-bond donors (Lipinski definition) is 0. The molecule has 18 heavy (non-hydrogen) atoms. The molecule has 0 fully saturated rings. The summed E-state index contributed by atoms with van der Waals surface area (Å²) in [5.74, 6) is 0. The molecule has 1 aromatic rings. The first kappa shape index (κ1) is 15.2. The first-order valence-electron chi connectivity index (χ1n) is 6.42. The Hall–Kier alpha value is -0.903. The number of ether oxygens (including phenoxy) is 1. The Bertz CT molecular complexity index is 375. The van der Waals surface area contributed by atoms with Gasteiger partial charge in [0, 0.05) is 12.2 Å². The van der Waals surface area contributed by atoms with E-state index in [1.165, 1.54) is 5.56 Å². The van der Waals surface area contributed by atoms with Gasteiger partial charge < -0.3 is 9.16 Å². The van der Waals surface area contributed by atoms with Gasteiger partial charge in [0.1, 0.15) is 10.5 Å². The highest BCUT2D eigenvalue weighted by Gasteiger charge is 2.14. The van der Waals surface area contributed by atoms with Gasteiger partial charge in [0.25, 0.3) is 0 Å². The third kappa shape index (κ3) is 5.62.